The maximum atomic E-state index is 12.9. The zero-order valence-electron chi connectivity index (χ0n) is 13.7. The summed E-state index contributed by atoms with van der Waals surface area (Å²) in [5.74, 6) is -0.827. The van der Waals surface area contributed by atoms with E-state index in [0.717, 1.165) is 37.5 Å². The normalized spacial score (nSPS) is 19.9. The topological polar surface area (TPSA) is 84.2 Å². The van der Waals surface area contributed by atoms with Gasteiger partial charge in [-0.1, -0.05) is 6.42 Å². The van der Waals surface area contributed by atoms with Gasteiger partial charge >= 0.3 is 6.18 Å². The molecule has 2 rings (SSSR count). The number of carbonyl (C=O) groups excluding carboxylic acids is 2. The summed E-state index contributed by atoms with van der Waals surface area (Å²) in [6.07, 6.45) is -1.77. The van der Waals surface area contributed by atoms with Gasteiger partial charge in [0.15, 0.2) is 0 Å². The smallest absolute Gasteiger partial charge is 0.327 e. The van der Waals surface area contributed by atoms with Crippen LogP contribution in [-0.4, -0.2) is 17.9 Å². The monoisotopic (exact) mass is 379 g/mol. The van der Waals surface area contributed by atoms with Gasteiger partial charge in [0.2, 0.25) is 11.8 Å². The lowest BCUT2D eigenvalue weighted by Gasteiger charge is -2.17. The molecular weight excluding hydrogens is 359 g/mol. The third-order valence-electron chi connectivity index (χ3n) is 4.10. The number of benzene rings is 1. The van der Waals surface area contributed by atoms with E-state index in [-0.39, 0.29) is 42.2 Å². The minimum atomic E-state index is -4.54. The molecular formula is C16H21ClF3N3O2. The van der Waals surface area contributed by atoms with Crippen LogP contribution in [0, 0.1) is 5.92 Å². The van der Waals surface area contributed by atoms with Crippen LogP contribution >= 0.6 is 12.4 Å². The molecule has 0 radical (unpaired) electrons. The van der Waals surface area contributed by atoms with Gasteiger partial charge in [-0.15, -0.1) is 12.4 Å². The minimum Gasteiger partial charge on any atom is -0.327 e. The molecule has 1 aliphatic carbocycles. The van der Waals surface area contributed by atoms with Gasteiger partial charge in [-0.3, -0.25) is 9.59 Å². The van der Waals surface area contributed by atoms with Gasteiger partial charge in [0.05, 0.1) is 16.9 Å². The van der Waals surface area contributed by atoms with Crippen molar-refractivity contribution in [1.82, 2.24) is 0 Å². The molecule has 2 atom stereocenters. The van der Waals surface area contributed by atoms with E-state index in [2.05, 4.69) is 10.6 Å². The number of alkyl halides is 3. The number of amides is 2. The maximum absolute atomic E-state index is 12.9. The van der Waals surface area contributed by atoms with Gasteiger partial charge < -0.3 is 16.4 Å². The summed E-state index contributed by atoms with van der Waals surface area (Å²) in [6.45, 7) is 1.24. The van der Waals surface area contributed by atoms with E-state index in [4.69, 9.17) is 5.73 Å². The second-order valence-corrected chi connectivity index (χ2v) is 6.05. The number of hydrogen-bond acceptors (Lipinski definition) is 3. The number of rotatable bonds is 4. The van der Waals surface area contributed by atoms with E-state index < -0.39 is 23.6 Å². The highest BCUT2D eigenvalue weighted by molar-refractivity contribution is 5.99. The molecule has 1 fully saturated rings. The summed E-state index contributed by atoms with van der Waals surface area (Å²) in [4.78, 5) is 23.3. The number of hydrogen-bond donors (Lipinski definition) is 3. The van der Waals surface area contributed by atoms with Gasteiger partial charge in [-0.25, -0.2) is 0 Å². The van der Waals surface area contributed by atoms with Gasteiger partial charge in [-0.05, 0) is 37.0 Å². The first-order valence-electron chi connectivity index (χ1n) is 7.71. The number of nitrogens with two attached hydrogens (primary N) is 1. The van der Waals surface area contributed by atoms with E-state index in [1.807, 2.05) is 0 Å². The zero-order chi connectivity index (χ0) is 17.9. The molecule has 0 bridgehead atoms. The van der Waals surface area contributed by atoms with Crippen LogP contribution in [-0.2, 0) is 15.8 Å². The summed E-state index contributed by atoms with van der Waals surface area (Å²) >= 11 is 0. The van der Waals surface area contributed by atoms with Crippen LogP contribution in [0.15, 0.2) is 18.2 Å². The molecule has 4 N–H and O–H groups in total. The van der Waals surface area contributed by atoms with Gasteiger partial charge in [0, 0.05) is 19.4 Å². The van der Waals surface area contributed by atoms with Crippen molar-refractivity contribution < 1.29 is 22.8 Å². The molecule has 25 heavy (non-hydrogen) atoms. The van der Waals surface area contributed by atoms with Crippen molar-refractivity contribution in [3.63, 3.8) is 0 Å². The second kappa shape index (κ2) is 8.53. The predicted molar refractivity (Wildman–Crippen MR) is 91.6 cm³/mol. The molecule has 0 spiro atoms. The lowest BCUT2D eigenvalue weighted by molar-refractivity contribution is -0.137. The fraction of sp³-hybridized carbons (Fsp3) is 0.500. The first-order valence-corrected chi connectivity index (χ1v) is 7.71. The second-order valence-electron chi connectivity index (χ2n) is 6.05. The standard InChI is InChI=1S/C16H20F3N3O2.ClH/c1-9(23)21-13-6-5-11(16(17,18)19)8-14(13)22-15(24)7-10-3-2-4-12(10)20;/h5-6,8,10,12H,2-4,7,20H2,1H3,(H,21,23)(H,22,24);1H/t10-,12+;/m0./s1. The lowest BCUT2D eigenvalue weighted by Crippen LogP contribution is -2.28. The SMILES string of the molecule is CC(=O)Nc1ccc(C(F)(F)F)cc1NC(=O)C[C@@H]1CCC[C@H]1N.Cl. The van der Waals surface area contributed by atoms with Crippen LogP contribution in [0.25, 0.3) is 0 Å². The average Bonchev–Trinajstić information content (AvgIpc) is 2.84. The Hall–Kier alpha value is -1.80. The van der Waals surface area contributed by atoms with Crippen LogP contribution in [0.3, 0.4) is 0 Å². The van der Waals surface area contributed by atoms with E-state index >= 15 is 0 Å². The molecule has 1 aliphatic rings. The molecule has 0 aliphatic heterocycles. The molecule has 0 aromatic heterocycles. The van der Waals surface area contributed by atoms with Gasteiger partial charge in [-0.2, -0.15) is 13.2 Å². The molecule has 1 aromatic rings. The largest absolute Gasteiger partial charge is 0.416 e. The minimum absolute atomic E-state index is 0. The van der Waals surface area contributed by atoms with Crippen molar-refractivity contribution in [2.45, 2.75) is 44.8 Å². The number of nitrogens with one attached hydrogen (secondary N) is 2. The van der Waals surface area contributed by atoms with Crippen LogP contribution < -0.4 is 16.4 Å². The molecule has 1 aromatic carbocycles. The van der Waals surface area contributed by atoms with Crippen molar-refractivity contribution in [3.05, 3.63) is 23.8 Å². The molecule has 5 nitrogen and oxygen atoms in total. The predicted octanol–water partition coefficient (Wildman–Crippen LogP) is 3.54. The Morgan fingerprint density at radius 2 is 1.88 bits per heavy atom. The summed E-state index contributed by atoms with van der Waals surface area (Å²) in [7, 11) is 0. The van der Waals surface area contributed by atoms with Crippen LogP contribution in [0.1, 0.15) is 38.2 Å². The molecule has 0 unspecified atom stereocenters. The molecule has 140 valence electrons. The number of halogens is 4. The average molecular weight is 380 g/mol. The fourth-order valence-corrected chi connectivity index (χ4v) is 2.88. The first-order chi connectivity index (χ1) is 11.2. The van der Waals surface area contributed by atoms with Crippen molar-refractivity contribution in [1.29, 1.82) is 0 Å². The summed E-state index contributed by atoms with van der Waals surface area (Å²) in [5.41, 5.74) is 5.07. The van der Waals surface area contributed by atoms with Crippen LogP contribution in [0.2, 0.25) is 0 Å². The Labute approximate surface area is 149 Å². The van der Waals surface area contributed by atoms with Gasteiger partial charge in [0.25, 0.3) is 0 Å². The zero-order valence-corrected chi connectivity index (χ0v) is 14.5. The summed E-state index contributed by atoms with van der Waals surface area (Å²) in [6, 6.07) is 2.74. The number of anilines is 2. The molecule has 9 heteroatoms. The molecule has 0 heterocycles. The Morgan fingerprint density at radius 1 is 1.20 bits per heavy atom. The first kappa shape index (κ1) is 21.2. The quantitative estimate of drug-likeness (QED) is 0.748. The molecule has 0 saturated heterocycles. The Bertz CT molecular complexity index is 638. The van der Waals surface area contributed by atoms with Crippen molar-refractivity contribution in [3.8, 4) is 0 Å². The maximum Gasteiger partial charge on any atom is 0.416 e. The third-order valence-corrected chi connectivity index (χ3v) is 4.10. The van der Waals surface area contributed by atoms with Gasteiger partial charge in [0.1, 0.15) is 0 Å². The summed E-state index contributed by atoms with van der Waals surface area (Å²) < 4.78 is 38.6. The Morgan fingerprint density at radius 3 is 2.40 bits per heavy atom. The number of carbonyl (C=O) groups is 2. The highest BCUT2D eigenvalue weighted by Crippen LogP contribution is 2.34. The Balaban J connectivity index is 0.00000312. The van der Waals surface area contributed by atoms with Crippen molar-refractivity contribution >= 4 is 35.6 Å². The van der Waals surface area contributed by atoms with E-state index in [1.54, 1.807) is 0 Å². The van der Waals surface area contributed by atoms with Crippen LogP contribution in [0.5, 0.6) is 0 Å². The summed E-state index contributed by atoms with van der Waals surface area (Å²) in [5, 5.41) is 4.88. The third kappa shape index (κ3) is 5.89. The Kier molecular flexibility index (Phi) is 7.25. The highest BCUT2D eigenvalue weighted by atomic mass is 35.5. The van der Waals surface area contributed by atoms with E-state index in [1.165, 1.54) is 6.92 Å². The van der Waals surface area contributed by atoms with Crippen LogP contribution in [0.4, 0.5) is 24.5 Å². The highest BCUT2D eigenvalue weighted by Gasteiger charge is 2.31. The van der Waals surface area contributed by atoms with Crippen molar-refractivity contribution in [2.24, 2.45) is 11.7 Å². The van der Waals surface area contributed by atoms with E-state index in [9.17, 15) is 22.8 Å². The molecule has 1 saturated carbocycles. The van der Waals surface area contributed by atoms with Crippen molar-refractivity contribution in [2.75, 3.05) is 10.6 Å². The fourth-order valence-electron chi connectivity index (χ4n) is 2.88. The molecule has 2 amide bonds. The van der Waals surface area contributed by atoms with E-state index in [0.29, 0.717) is 0 Å². The lowest BCUT2D eigenvalue weighted by atomic mass is 10.00.